The Kier molecular flexibility index (Phi) is 15.0. The molecule has 0 fully saturated rings. The third kappa shape index (κ3) is 13.1. The summed E-state index contributed by atoms with van der Waals surface area (Å²) in [5, 5.41) is 0. The van der Waals surface area contributed by atoms with Crippen LogP contribution in [0.2, 0.25) is 0 Å². The van der Waals surface area contributed by atoms with Crippen LogP contribution in [-0.2, 0) is 11.3 Å². The second kappa shape index (κ2) is 15.8. The van der Waals surface area contributed by atoms with Crippen molar-refractivity contribution in [3.05, 3.63) is 32.0 Å². The first kappa shape index (κ1) is 21.9. The van der Waals surface area contributed by atoms with Crippen LogP contribution in [0.5, 0.6) is 0 Å². The van der Waals surface area contributed by atoms with Crippen LogP contribution >= 0.6 is 0 Å². The molecule has 134 valence electrons. The summed E-state index contributed by atoms with van der Waals surface area (Å²) >= 11 is 0. The van der Waals surface area contributed by atoms with Crippen LogP contribution in [0, 0.1) is 7.43 Å². The zero-order valence-corrected chi connectivity index (χ0v) is 15.4. The number of hydrogen-bond donors (Lipinski definition) is 1. The van der Waals surface area contributed by atoms with Gasteiger partial charge in [-0.05, 0) is 19.3 Å². The molecule has 2 N–H and O–H groups in total. The Morgan fingerprint density at radius 3 is 1.96 bits per heavy atom. The van der Waals surface area contributed by atoms with Crippen molar-refractivity contribution in [3.8, 4) is 0 Å². The number of aryl methyl sites for hydroxylation is 1. The molecule has 0 radical (unpaired) electrons. The summed E-state index contributed by atoms with van der Waals surface area (Å²) in [7, 11) is 0. The highest BCUT2D eigenvalue weighted by atomic mass is 16.5. The topological polar surface area (TPSA) is 39.1 Å². The molecule has 1 rings (SSSR count). The van der Waals surface area contributed by atoms with Gasteiger partial charge in [-0.1, -0.05) is 45.4 Å². The first-order chi connectivity index (χ1) is 10.8. The largest absolute Gasteiger partial charge is 0.398 e. The summed E-state index contributed by atoms with van der Waals surface area (Å²) in [5.41, 5.74) is 6.51. The van der Waals surface area contributed by atoms with Crippen molar-refractivity contribution in [2.24, 2.45) is 0 Å². The monoisotopic (exact) mass is 322 g/mol. The molecule has 0 saturated carbocycles. The molecule has 0 aliphatic rings. The third-order valence-electron chi connectivity index (χ3n) is 4.01. The zero-order chi connectivity index (χ0) is 15.9. The molecule has 0 spiro atoms. The van der Waals surface area contributed by atoms with E-state index in [9.17, 15) is 0 Å². The van der Waals surface area contributed by atoms with E-state index in [1.54, 1.807) is 0 Å². The van der Waals surface area contributed by atoms with Crippen LogP contribution in [0.1, 0.15) is 71.1 Å². The molecule has 0 amide bonds. The van der Waals surface area contributed by atoms with Gasteiger partial charge in [-0.15, -0.1) is 0 Å². The van der Waals surface area contributed by atoms with Crippen molar-refractivity contribution in [3.63, 3.8) is 0 Å². The molecule has 0 atom stereocenters. The minimum Gasteiger partial charge on any atom is -0.398 e. The summed E-state index contributed by atoms with van der Waals surface area (Å²) < 4.78 is 7.87. The Morgan fingerprint density at radius 2 is 1.35 bits per heavy atom. The van der Waals surface area contributed by atoms with Gasteiger partial charge in [-0.3, -0.25) is 0 Å². The first-order valence-corrected chi connectivity index (χ1v) is 9.15. The van der Waals surface area contributed by atoms with Crippen LogP contribution in [0.25, 0.3) is 0 Å². The highest BCUT2D eigenvalue weighted by Gasteiger charge is 1.99. The lowest BCUT2D eigenvalue weighted by Gasteiger charge is -2.04. The first-order valence-electron chi connectivity index (χ1n) is 9.15. The average molecular weight is 323 g/mol. The molecule has 0 aromatic carbocycles. The molecule has 0 aliphatic heterocycles. The molecule has 3 heteroatoms. The molecule has 3 nitrogen and oxygen atoms in total. The number of nitrogens with zero attached hydrogens (tertiary/aromatic N) is 1. The van der Waals surface area contributed by atoms with E-state index in [1.165, 1.54) is 64.2 Å². The zero-order valence-electron chi connectivity index (χ0n) is 15.4. The van der Waals surface area contributed by atoms with E-state index in [2.05, 4.69) is 23.9 Å². The Bertz CT molecular complexity index is 351. The standard InChI is InChI=1S/C19H34N2O.CH3/c1-2-3-4-10-17-22-18-11-8-6-5-7-9-14-21-15-12-19(20)13-16-21;/h12-13,15-16,20H,2-11,14,17-18H2,1H3;1H3/q;-1/p+1. The number of pyridine rings is 1. The van der Waals surface area contributed by atoms with Gasteiger partial charge in [0.05, 0.1) is 0 Å². The third-order valence-corrected chi connectivity index (χ3v) is 4.01. The Labute approximate surface area is 144 Å². The maximum atomic E-state index is 5.68. The normalized spacial score (nSPS) is 10.5. The van der Waals surface area contributed by atoms with Crippen LogP contribution in [0.15, 0.2) is 24.5 Å². The van der Waals surface area contributed by atoms with Crippen molar-refractivity contribution >= 4 is 5.69 Å². The van der Waals surface area contributed by atoms with Gasteiger partial charge in [0.1, 0.15) is 6.54 Å². The second-order valence-electron chi connectivity index (χ2n) is 6.16. The molecule has 1 aromatic rings. The maximum Gasteiger partial charge on any atom is 0.170 e. The van der Waals surface area contributed by atoms with Crippen molar-refractivity contribution < 1.29 is 9.30 Å². The fourth-order valence-electron chi connectivity index (χ4n) is 2.56. The van der Waals surface area contributed by atoms with Crippen LogP contribution in [0.3, 0.4) is 0 Å². The van der Waals surface area contributed by atoms with E-state index in [4.69, 9.17) is 10.5 Å². The SMILES string of the molecule is CCCCCCOCCCCCCCC[n+]1ccc(N)cc1.[CH3-]. The van der Waals surface area contributed by atoms with Crippen molar-refractivity contribution in [1.82, 2.24) is 0 Å². The average Bonchev–Trinajstić information content (AvgIpc) is 2.53. The van der Waals surface area contributed by atoms with Gasteiger partial charge in [0.15, 0.2) is 12.4 Å². The van der Waals surface area contributed by atoms with E-state index in [0.717, 1.165) is 25.4 Å². The van der Waals surface area contributed by atoms with Crippen LogP contribution in [-0.4, -0.2) is 13.2 Å². The lowest BCUT2D eigenvalue weighted by molar-refractivity contribution is -0.697. The number of ether oxygens (including phenoxy) is 1. The van der Waals surface area contributed by atoms with E-state index in [-0.39, 0.29) is 7.43 Å². The van der Waals surface area contributed by atoms with Gasteiger partial charge in [-0.2, -0.15) is 0 Å². The number of hydrogen-bond acceptors (Lipinski definition) is 2. The molecule has 0 bridgehead atoms. The molecule has 0 unspecified atom stereocenters. The fraction of sp³-hybridized carbons (Fsp3) is 0.700. The molecule has 0 aliphatic carbocycles. The highest BCUT2D eigenvalue weighted by molar-refractivity contribution is 5.32. The molecule has 1 aromatic heterocycles. The Hall–Kier alpha value is -1.09. The number of nitrogen functional groups attached to an aromatic ring is 1. The molecule has 0 saturated heterocycles. The van der Waals surface area contributed by atoms with Gasteiger partial charge in [-0.25, -0.2) is 4.57 Å². The van der Waals surface area contributed by atoms with Gasteiger partial charge in [0, 0.05) is 37.5 Å². The van der Waals surface area contributed by atoms with E-state index < -0.39 is 0 Å². The van der Waals surface area contributed by atoms with Gasteiger partial charge < -0.3 is 17.9 Å². The lowest BCUT2D eigenvalue weighted by atomic mass is 10.1. The highest BCUT2D eigenvalue weighted by Crippen LogP contribution is 2.06. The molecular formula is C20H38N2O. The van der Waals surface area contributed by atoms with Gasteiger partial charge in [0.25, 0.3) is 0 Å². The molecular weight excluding hydrogens is 284 g/mol. The minimum atomic E-state index is 0. The fourth-order valence-corrected chi connectivity index (χ4v) is 2.56. The minimum absolute atomic E-state index is 0. The predicted octanol–water partition coefficient (Wildman–Crippen LogP) is 4.94. The van der Waals surface area contributed by atoms with E-state index in [1.807, 2.05) is 12.1 Å². The summed E-state index contributed by atoms with van der Waals surface area (Å²) in [6.07, 6.45) is 17.1. The number of rotatable bonds is 14. The van der Waals surface area contributed by atoms with Crippen molar-refractivity contribution in [2.75, 3.05) is 18.9 Å². The summed E-state index contributed by atoms with van der Waals surface area (Å²) in [5.74, 6) is 0. The number of unbranched alkanes of at least 4 members (excludes halogenated alkanes) is 8. The summed E-state index contributed by atoms with van der Waals surface area (Å²) in [6, 6.07) is 3.92. The van der Waals surface area contributed by atoms with Crippen LogP contribution < -0.4 is 10.3 Å². The smallest absolute Gasteiger partial charge is 0.170 e. The quantitative estimate of drug-likeness (QED) is 0.299. The predicted molar refractivity (Wildman–Crippen MR) is 100 cm³/mol. The lowest BCUT2D eigenvalue weighted by Crippen LogP contribution is -2.32. The molecule has 23 heavy (non-hydrogen) atoms. The number of aromatic nitrogens is 1. The molecule has 1 heterocycles. The Morgan fingerprint density at radius 1 is 0.826 bits per heavy atom. The van der Waals surface area contributed by atoms with Crippen LogP contribution in [0.4, 0.5) is 5.69 Å². The van der Waals surface area contributed by atoms with Crippen molar-refractivity contribution in [1.29, 1.82) is 0 Å². The van der Waals surface area contributed by atoms with Gasteiger partial charge in [0.2, 0.25) is 0 Å². The second-order valence-corrected chi connectivity index (χ2v) is 6.16. The van der Waals surface area contributed by atoms with E-state index in [0.29, 0.717) is 0 Å². The van der Waals surface area contributed by atoms with Gasteiger partial charge >= 0.3 is 0 Å². The van der Waals surface area contributed by atoms with E-state index >= 15 is 0 Å². The number of nitrogens with two attached hydrogens (primary N) is 1. The maximum absolute atomic E-state index is 5.68. The number of anilines is 1. The summed E-state index contributed by atoms with van der Waals surface area (Å²) in [4.78, 5) is 0. The summed E-state index contributed by atoms with van der Waals surface area (Å²) in [6.45, 7) is 5.25. The van der Waals surface area contributed by atoms with Crippen molar-refractivity contribution in [2.45, 2.75) is 77.7 Å². The Balaban J connectivity index is 0.00000484.